The Morgan fingerprint density at radius 3 is 2.60 bits per heavy atom. The van der Waals surface area contributed by atoms with E-state index in [1.807, 2.05) is 72.8 Å². The van der Waals surface area contributed by atoms with E-state index in [9.17, 15) is 0 Å². The standard InChI is InChI=1S/C12H8N3.C12H8NO.Ir/c1-2-6-10-9(5-1)14-12(15-10)11-7-3-4-8-13-11;1-2-5-10-9(4-1)8-14-11-6-3-7-13-12(10)11;/h1-8H;1-4,6-7H,8H2;/q2*-1;. The number of aromatic nitrogens is 4. The van der Waals surface area contributed by atoms with Crippen LogP contribution in [0.2, 0.25) is 0 Å². The van der Waals surface area contributed by atoms with E-state index in [1.54, 1.807) is 12.4 Å². The van der Waals surface area contributed by atoms with E-state index in [2.05, 4.69) is 26.0 Å². The molecule has 0 fully saturated rings. The molecule has 4 heterocycles. The molecular weight excluding hydrogens is 553 g/mol. The summed E-state index contributed by atoms with van der Waals surface area (Å²) >= 11 is 0. The van der Waals surface area contributed by atoms with Crippen LogP contribution in [0.3, 0.4) is 0 Å². The van der Waals surface area contributed by atoms with E-state index < -0.39 is 0 Å². The van der Waals surface area contributed by atoms with Gasteiger partial charge >= 0.3 is 0 Å². The second kappa shape index (κ2) is 8.99. The Bertz CT molecular complexity index is 1190. The molecule has 2 aromatic carbocycles. The van der Waals surface area contributed by atoms with Gasteiger partial charge in [-0.05, 0) is 41.1 Å². The summed E-state index contributed by atoms with van der Waals surface area (Å²) in [5.74, 6) is 1.54. The molecule has 0 unspecified atom stereocenters. The van der Waals surface area contributed by atoms with Crippen molar-refractivity contribution < 1.29 is 24.8 Å². The summed E-state index contributed by atoms with van der Waals surface area (Å²) in [5, 5.41) is 0. The molecule has 30 heavy (non-hydrogen) atoms. The van der Waals surface area contributed by atoms with E-state index in [0.29, 0.717) is 12.4 Å². The van der Waals surface area contributed by atoms with Gasteiger partial charge in [0.1, 0.15) is 5.75 Å². The molecule has 1 aliphatic rings. The molecule has 5 aromatic rings. The summed E-state index contributed by atoms with van der Waals surface area (Å²) in [7, 11) is 0. The number of ether oxygens (including phenoxy) is 1. The number of pyridine rings is 2. The second-order valence-electron chi connectivity index (χ2n) is 6.46. The SMILES string of the molecule is [Ir].[c-]1cccc2c1-c1ncccc1OC2.c1ccc(-c2nc3ccccc3[n-]2)nc1. The first-order valence-corrected chi connectivity index (χ1v) is 9.27. The number of hydrogen-bond donors (Lipinski definition) is 0. The average Bonchev–Trinajstić information content (AvgIpc) is 3.24. The van der Waals surface area contributed by atoms with Crippen LogP contribution in [0.25, 0.3) is 33.8 Å². The molecule has 6 rings (SSSR count). The number of benzene rings is 2. The van der Waals surface area contributed by atoms with Gasteiger partial charge < -0.3 is 19.7 Å². The first-order valence-electron chi connectivity index (χ1n) is 9.27. The molecule has 0 amide bonds. The molecule has 5 nitrogen and oxygen atoms in total. The van der Waals surface area contributed by atoms with Crippen molar-refractivity contribution in [1.82, 2.24) is 19.9 Å². The van der Waals surface area contributed by atoms with Gasteiger partial charge in [0.15, 0.2) is 0 Å². The number of imidazole rings is 1. The van der Waals surface area contributed by atoms with Crippen LogP contribution < -0.4 is 9.72 Å². The van der Waals surface area contributed by atoms with Gasteiger partial charge in [0.2, 0.25) is 0 Å². The Labute approximate surface area is 187 Å². The van der Waals surface area contributed by atoms with Crippen LogP contribution in [0.4, 0.5) is 0 Å². The van der Waals surface area contributed by atoms with Gasteiger partial charge in [0, 0.05) is 38.2 Å². The zero-order valence-electron chi connectivity index (χ0n) is 15.8. The van der Waals surface area contributed by atoms with Crippen LogP contribution in [0.1, 0.15) is 5.56 Å². The number of rotatable bonds is 1. The molecule has 0 spiro atoms. The molecule has 0 bridgehead atoms. The minimum Gasteiger partial charge on any atom is -0.506 e. The topological polar surface area (TPSA) is 62.0 Å². The van der Waals surface area contributed by atoms with E-state index in [4.69, 9.17) is 4.74 Å². The number of fused-ring (bicyclic) bond motifs is 4. The predicted molar refractivity (Wildman–Crippen MR) is 111 cm³/mol. The molecule has 0 saturated carbocycles. The Kier molecular flexibility index (Phi) is 5.98. The fraction of sp³-hybridized carbons (Fsp3) is 0.0417. The van der Waals surface area contributed by atoms with Crippen LogP contribution in [-0.4, -0.2) is 15.0 Å². The molecule has 149 valence electrons. The van der Waals surface area contributed by atoms with Crippen molar-refractivity contribution in [3.05, 3.63) is 96.8 Å². The van der Waals surface area contributed by atoms with Crippen LogP contribution >= 0.6 is 0 Å². The zero-order chi connectivity index (χ0) is 19.5. The van der Waals surface area contributed by atoms with Gasteiger partial charge in [0.25, 0.3) is 0 Å². The predicted octanol–water partition coefficient (Wildman–Crippen LogP) is 4.69. The van der Waals surface area contributed by atoms with Gasteiger partial charge in [-0.3, -0.25) is 4.98 Å². The third kappa shape index (κ3) is 4.01. The molecule has 1 radical (unpaired) electrons. The van der Waals surface area contributed by atoms with Crippen LogP contribution in [-0.2, 0) is 26.7 Å². The summed E-state index contributed by atoms with van der Waals surface area (Å²) in [6.45, 7) is 0.616. The van der Waals surface area contributed by atoms with E-state index in [1.165, 1.54) is 0 Å². The summed E-state index contributed by atoms with van der Waals surface area (Å²) < 4.78 is 5.57. The van der Waals surface area contributed by atoms with Crippen LogP contribution in [0.15, 0.2) is 85.2 Å². The first-order chi connectivity index (χ1) is 14.4. The van der Waals surface area contributed by atoms with Crippen molar-refractivity contribution in [3.8, 4) is 28.5 Å². The van der Waals surface area contributed by atoms with Gasteiger partial charge in [0.05, 0.1) is 12.3 Å². The summed E-state index contributed by atoms with van der Waals surface area (Å²) in [6.07, 6.45) is 3.52. The Hall–Kier alpha value is -3.34. The van der Waals surface area contributed by atoms with Crippen molar-refractivity contribution in [2.24, 2.45) is 0 Å². The molecule has 1 aliphatic heterocycles. The van der Waals surface area contributed by atoms with Crippen molar-refractivity contribution in [3.63, 3.8) is 0 Å². The van der Waals surface area contributed by atoms with Crippen LogP contribution in [0, 0.1) is 6.07 Å². The maximum atomic E-state index is 5.57. The Morgan fingerprint density at radius 2 is 1.73 bits per heavy atom. The minimum absolute atomic E-state index is 0. The molecule has 0 atom stereocenters. The van der Waals surface area contributed by atoms with Crippen molar-refractivity contribution in [1.29, 1.82) is 0 Å². The Morgan fingerprint density at radius 1 is 0.867 bits per heavy atom. The quantitative estimate of drug-likeness (QED) is 0.275. The number of para-hydroxylation sites is 2. The van der Waals surface area contributed by atoms with Gasteiger partial charge in [-0.2, -0.15) is 0 Å². The van der Waals surface area contributed by atoms with E-state index >= 15 is 0 Å². The van der Waals surface area contributed by atoms with Gasteiger partial charge in [-0.25, -0.2) is 0 Å². The molecule has 0 aliphatic carbocycles. The molecule has 3 aromatic heterocycles. The van der Waals surface area contributed by atoms with Crippen molar-refractivity contribution >= 4 is 11.0 Å². The molecule has 0 N–H and O–H groups in total. The normalized spacial score (nSPS) is 11.2. The fourth-order valence-electron chi connectivity index (χ4n) is 3.18. The van der Waals surface area contributed by atoms with E-state index in [-0.39, 0.29) is 20.1 Å². The third-order valence-corrected chi connectivity index (χ3v) is 4.56. The Balaban J connectivity index is 0.000000141. The van der Waals surface area contributed by atoms with Gasteiger partial charge in [-0.1, -0.05) is 35.9 Å². The maximum absolute atomic E-state index is 5.57. The average molecular weight is 569 g/mol. The summed E-state index contributed by atoms with van der Waals surface area (Å²) in [5.41, 5.74) is 5.76. The largest absolute Gasteiger partial charge is 0.506 e. The molecule has 0 saturated heterocycles. The van der Waals surface area contributed by atoms with E-state index in [0.717, 1.165) is 39.3 Å². The first kappa shape index (κ1) is 20.0. The van der Waals surface area contributed by atoms with Crippen molar-refractivity contribution in [2.75, 3.05) is 0 Å². The number of hydrogen-bond acceptors (Lipinski definition) is 4. The molecule has 6 heteroatoms. The second-order valence-corrected chi connectivity index (χ2v) is 6.46. The summed E-state index contributed by atoms with van der Waals surface area (Å²) in [6, 6.07) is 26.5. The van der Waals surface area contributed by atoms with Crippen LogP contribution in [0.5, 0.6) is 5.75 Å². The zero-order valence-corrected chi connectivity index (χ0v) is 18.2. The van der Waals surface area contributed by atoms with Gasteiger partial charge in [-0.15, -0.1) is 29.8 Å². The summed E-state index contributed by atoms with van der Waals surface area (Å²) in [4.78, 5) is 17.3. The fourth-order valence-corrected chi connectivity index (χ4v) is 3.18. The maximum Gasteiger partial charge on any atom is 0.103 e. The molecular formula is C24H16IrN4O-2. The monoisotopic (exact) mass is 569 g/mol. The minimum atomic E-state index is 0. The number of nitrogens with zero attached hydrogens (tertiary/aromatic N) is 4. The smallest absolute Gasteiger partial charge is 0.103 e. The van der Waals surface area contributed by atoms with Crippen molar-refractivity contribution in [2.45, 2.75) is 6.61 Å². The third-order valence-electron chi connectivity index (χ3n) is 4.56.